The molecule has 0 saturated carbocycles. The quantitative estimate of drug-likeness (QED) is 0.697. The van der Waals surface area contributed by atoms with Gasteiger partial charge in [0.1, 0.15) is 0 Å². The van der Waals surface area contributed by atoms with Gasteiger partial charge in [0, 0.05) is 15.1 Å². The van der Waals surface area contributed by atoms with Crippen molar-refractivity contribution in [3.63, 3.8) is 0 Å². The van der Waals surface area contributed by atoms with Crippen LogP contribution in [0.1, 0.15) is 6.92 Å². The second-order valence-corrected chi connectivity index (χ2v) is 7.92. The molecule has 0 unspecified atom stereocenters. The van der Waals surface area contributed by atoms with Crippen LogP contribution in [0.15, 0.2) is 70.1 Å². The molecule has 0 aliphatic rings. The van der Waals surface area contributed by atoms with Gasteiger partial charge in [0.25, 0.3) is 15.9 Å². The zero-order chi connectivity index (χ0) is 17.2. The molecule has 0 atom stereocenters. The molecule has 1 amide bonds. The minimum Gasteiger partial charge on any atom is -0.268 e. The molecular weight excluding hydrogens is 402 g/mol. The molecule has 0 saturated heterocycles. The first-order valence-electron chi connectivity index (χ1n) is 6.50. The van der Waals surface area contributed by atoms with Gasteiger partial charge < -0.3 is 0 Å². The van der Waals surface area contributed by atoms with Gasteiger partial charge in [-0.15, -0.1) is 0 Å². The van der Waals surface area contributed by atoms with Gasteiger partial charge in [0.15, 0.2) is 0 Å². The summed E-state index contributed by atoms with van der Waals surface area (Å²) >= 11 is 9.07. The number of carbonyl (C=O) groups is 1. The van der Waals surface area contributed by atoms with Crippen molar-refractivity contribution in [3.05, 3.63) is 70.2 Å². The second kappa shape index (κ2) is 6.86. The summed E-state index contributed by atoms with van der Waals surface area (Å²) in [5.41, 5.74) is 0.349. The molecule has 4 nitrogen and oxygen atoms in total. The van der Waals surface area contributed by atoms with Crippen molar-refractivity contribution in [2.45, 2.75) is 11.8 Å². The lowest BCUT2D eigenvalue weighted by Gasteiger charge is -2.22. The Labute approximate surface area is 148 Å². The van der Waals surface area contributed by atoms with Crippen molar-refractivity contribution < 1.29 is 13.2 Å². The molecule has 7 heteroatoms. The van der Waals surface area contributed by atoms with Gasteiger partial charge in [-0.2, -0.15) is 4.31 Å². The molecule has 0 spiro atoms. The Morgan fingerprint density at radius 3 is 2.09 bits per heavy atom. The summed E-state index contributed by atoms with van der Waals surface area (Å²) in [6.07, 6.45) is 0. The summed E-state index contributed by atoms with van der Waals surface area (Å²) in [6, 6.07) is 12.0. The topological polar surface area (TPSA) is 54.5 Å². The normalized spacial score (nSPS) is 11.1. The van der Waals surface area contributed by atoms with E-state index < -0.39 is 15.9 Å². The van der Waals surface area contributed by atoms with Crippen LogP contribution in [0.25, 0.3) is 0 Å². The maximum absolute atomic E-state index is 12.9. The largest absolute Gasteiger partial charge is 0.271 e. The van der Waals surface area contributed by atoms with Crippen LogP contribution in [0.4, 0.5) is 5.69 Å². The molecule has 0 fully saturated rings. The van der Waals surface area contributed by atoms with E-state index in [1.807, 2.05) is 0 Å². The molecule has 0 aromatic heterocycles. The van der Waals surface area contributed by atoms with E-state index >= 15 is 0 Å². The highest BCUT2D eigenvalue weighted by atomic mass is 79.9. The SMILES string of the molecule is C=C(C)C(=O)N(c1ccc(Br)cc1)S(=O)(=O)c1ccc(Cl)cc1. The fourth-order valence-electron chi connectivity index (χ4n) is 1.83. The first kappa shape index (κ1) is 17.7. The van der Waals surface area contributed by atoms with Gasteiger partial charge in [0.2, 0.25) is 0 Å². The summed E-state index contributed by atoms with van der Waals surface area (Å²) < 4.78 is 27.3. The first-order chi connectivity index (χ1) is 10.7. The molecule has 0 aliphatic carbocycles. The van der Waals surface area contributed by atoms with Crippen LogP contribution < -0.4 is 4.31 Å². The Balaban J connectivity index is 2.61. The number of hydrogen-bond donors (Lipinski definition) is 0. The van der Waals surface area contributed by atoms with Crippen LogP contribution in [0.2, 0.25) is 5.02 Å². The number of amides is 1. The number of benzene rings is 2. The molecule has 2 aromatic carbocycles. The monoisotopic (exact) mass is 413 g/mol. The minimum atomic E-state index is -4.08. The van der Waals surface area contributed by atoms with Crippen LogP contribution in [0.3, 0.4) is 0 Å². The molecule has 0 bridgehead atoms. The second-order valence-electron chi connectivity index (χ2n) is 4.79. The highest BCUT2D eigenvalue weighted by Crippen LogP contribution is 2.27. The molecule has 2 aromatic rings. The fourth-order valence-corrected chi connectivity index (χ4v) is 3.68. The van der Waals surface area contributed by atoms with Crippen LogP contribution in [-0.4, -0.2) is 14.3 Å². The third-order valence-corrected chi connectivity index (χ3v) is 5.47. The number of anilines is 1. The Bertz CT molecular complexity index is 846. The Kier molecular flexibility index (Phi) is 5.29. The maximum Gasteiger partial charge on any atom is 0.271 e. The van der Waals surface area contributed by atoms with Gasteiger partial charge in [-0.1, -0.05) is 34.1 Å². The van der Waals surface area contributed by atoms with Crippen molar-refractivity contribution in [1.29, 1.82) is 0 Å². The smallest absolute Gasteiger partial charge is 0.268 e. The van der Waals surface area contributed by atoms with Crippen molar-refractivity contribution in [2.24, 2.45) is 0 Å². The minimum absolute atomic E-state index is 0.0283. The predicted molar refractivity (Wildman–Crippen MR) is 95.1 cm³/mol. The Morgan fingerprint density at radius 2 is 1.61 bits per heavy atom. The van der Waals surface area contributed by atoms with Gasteiger partial charge in [-0.3, -0.25) is 4.79 Å². The Morgan fingerprint density at radius 1 is 1.09 bits per heavy atom. The lowest BCUT2D eigenvalue weighted by Crippen LogP contribution is -2.37. The summed E-state index contributed by atoms with van der Waals surface area (Å²) in [7, 11) is -4.08. The molecule has 120 valence electrons. The summed E-state index contributed by atoms with van der Waals surface area (Å²) in [4.78, 5) is 12.4. The van der Waals surface area contributed by atoms with E-state index in [1.165, 1.54) is 31.2 Å². The molecule has 0 aliphatic heterocycles. The highest BCUT2D eigenvalue weighted by Gasteiger charge is 2.31. The van der Waals surface area contributed by atoms with E-state index in [4.69, 9.17) is 11.6 Å². The molecule has 2 rings (SSSR count). The number of nitrogens with zero attached hydrogens (tertiary/aromatic N) is 1. The number of hydrogen-bond acceptors (Lipinski definition) is 3. The van der Waals surface area contributed by atoms with E-state index in [0.717, 1.165) is 8.78 Å². The number of halogens is 2. The summed E-state index contributed by atoms with van der Waals surface area (Å²) in [6.45, 7) is 5.02. The zero-order valence-corrected chi connectivity index (χ0v) is 15.3. The lowest BCUT2D eigenvalue weighted by atomic mass is 10.3. The van der Waals surface area contributed by atoms with E-state index in [2.05, 4.69) is 22.5 Å². The lowest BCUT2D eigenvalue weighted by molar-refractivity contribution is -0.113. The highest BCUT2D eigenvalue weighted by molar-refractivity contribution is 9.10. The average molecular weight is 415 g/mol. The van der Waals surface area contributed by atoms with E-state index in [9.17, 15) is 13.2 Å². The van der Waals surface area contributed by atoms with Crippen molar-refractivity contribution in [1.82, 2.24) is 0 Å². The van der Waals surface area contributed by atoms with Gasteiger partial charge in [0.05, 0.1) is 10.6 Å². The predicted octanol–water partition coefficient (Wildman–Crippen LogP) is 4.40. The molecule has 23 heavy (non-hydrogen) atoms. The molecular formula is C16H13BrClNO3S. The molecule has 0 heterocycles. The maximum atomic E-state index is 12.9. The number of sulfonamides is 1. The van der Waals surface area contributed by atoms with Gasteiger partial charge in [-0.25, -0.2) is 8.42 Å². The summed E-state index contributed by atoms with van der Waals surface area (Å²) in [5.74, 6) is -0.692. The van der Waals surface area contributed by atoms with Crippen molar-refractivity contribution in [2.75, 3.05) is 4.31 Å². The Hall–Kier alpha value is -1.63. The zero-order valence-electron chi connectivity index (χ0n) is 12.2. The van der Waals surface area contributed by atoms with Crippen LogP contribution in [0, 0.1) is 0 Å². The fraction of sp³-hybridized carbons (Fsp3) is 0.0625. The third-order valence-electron chi connectivity index (χ3n) is 2.96. The standard InChI is InChI=1S/C16H13BrClNO3S/c1-11(2)16(20)19(14-7-3-12(17)4-8-14)23(21,22)15-9-5-13(18)6-10-15/h3-10H,1H2,2H3. The van der Waals surface area contributed by atoms with Gasteiger partial charge >= 0.3 is 0 Å². The summed E-state index contributed by atoms with van der Waals surface area (Å²) in [5, 5.41) is 0.408. The average Bonchev–Trinajstić information content (AvgIpc) is 2.49. The first-order valence-corrected chi connectivity index (χ1v) is 9.11. The third kappa shape index (κ3) is 3.83. The number of carbonyl (C=O) groups excluding carboxylic acids is 1. The van der Waals surface area contributed by atoms with Crippen molar-refractivity contribution in [3.8, 4) is 0 Å². The van der Waals surface area contributed by atoms with E-state index in [0.29, 0.717) is 5.02 Å². The van der Waals surface area contributed by atoms with Crippen LogP contribution in [-0.2, 0) is 14.8 Å². The van der Waals surface area contributed by atoms with Gasteiger partial charge in [-0.05, 0) is 55.5 Å². The van der Waals surface area contributed by atoms with E-state index in [1.54, 1.807) is 24.3 Å². The van der Waals surface area contributed by atoms with Crippen LogP contribution in [0.5, 0.6) is 0 Å². The van der Waals surface area contributed by atoms with E-state index in [-0.39, 0.29) is 16.2 Å². The molecule has 0 N–H and O–H groups in total. The molecule has 0 radical (unpaired) electrons. The number of rotatable bonds is 4. The van der Waals surface area contributed by atoms with Crippen molar-refractivity contribution >= 4 is 49.1 Å². The van der Waals surface area contributed by atoms with Crippen LogP contribution >= 0.6 is 27.5 Å².